The molecule has 146 valence electrons. The zero-order valence-corrected chi connectivity index (χ0v) is 16.7. The van der Waals surface area contributed by atoms with Gasteiger partial charge in [-0.25, -0.2) is 0 Å². The maximum absolute atomic E-state index is 12.5. The Morgan fingerprint density at radius 2 is 2.04 bits per heavy atom. The molecule has 3 aromatic rings. The lowest BCUT2D eigenvalue weighted by molar-refractivity contribution is -0.384. The number of carbonyl (C=O) groups excluding carboxylic acids is 1. The zero-order chi connectivity index (χ0) is 20.1. The van der Waals surface area contributed by atoms with E-state index in [1.54, 1.807) is 18.2 Å². The Balaban J connectivity index is 1.89. The van der Waals surface area contributed by atoms with Crippen molar-refractivity contribution in [1.29, 1.82) is 0 Å². The molecular weight excluding hydrogens is 402 g/mol. The number of benzene rings is 2. The highest BCUT2D eigenvalue weighted by Gasteiger charge is 2.10. The Kier molecular flexibility index (Phi) is 6.56. The summed E-state index contributed by atoms with van der Waals surface area (Å²) in [5.41, 5.74) is 1.60. The van der Waals surface area contributed by atoms with E-state index in [4.69, 9.17) is 16.3 Å². The van der Waals surface area contributed by atoms with Crippen LogP contribution >= 0.6 is 22.9 Å². The van der Waals surface area contributed by atoms with E-state index < -0.39 is 4.92 Å². The van der Waals surface area contributed by atoms with Gasteiger partial charge in [0.05, 0.1) is 28.2 Å². The number of non-ortho nitro benzene ring substituents is 1. The largest absolute Gasteiger partial charge is 0.380 e. The van der Waals surface area contributed by atoms with Crippen LogP contribution in [0, 0.1) is 10.1 Å². The predicted molar refractivity (Wildman–Crippen MR) is 109 cm³/mol. The Labute approximate surface area is 170 Å². The van der Waals surface area contributed by atoms with Crippen LogP contribution in [0.3, 0.4) is 0 Å². The quantitative estimate of drug-likeness (QED) is 0.329. The molecule has 0 saturated heterocycles. The molecule has 0 N–H and O–H groups in total. The lowest BCUT2D eigenvalue weighted by Gasteiger charge is -2.05. The molecule has 28 heavy (non-hydrogen) atoms. The van der Waals surface area contributed by atoms with Gasteiger partial charge in [0.2, 0.25) is 0 Å². The molecule has 9 heteroatoms. The smallest absolute Gasteiger partial charge is 0.269 e. The average molecular weight is 420 g/mol. The molecule has 0 atom stereocenters. The van der Waals surface area contributed by atoms with Crippen LogP contribution in [-0.4, -0.2) is 28.6 Å². The van der Waals surface area contributed by atoms with Crippen LogP contribution in [0.15, 0.2) is 47.5 Å². The van der Waals surface area contributed by atoms with Crippen molar-refractivity contribution >= 4 is 44.7 Å². The van der Waals surface area contributed by atoms with Crippen molar-refractivity contribution in [3.63, 3.8) is 0 Å². The molecule has 2 aromatic carbocycles. The van der Waals surface area contributed by atoms with Crippen LogP contribution in [0.4, 0.5) is 5.69 Å². The molecule has 0 aliphatic heterocycles. The maximum Gasteiger partial charge on any atom is 0.269 e. The second kappa shape index (κ2) is 9.09. The van der Waals surface area contributed by atoms with Crippen LogP contribution < -0.4 is 4.80 Å². The van der Waals surface area contributed by atoms with Gasteiger partial charge in [-0.1, -0.05) is 35.1 Å². The molecule has 0 radical (unpaired) electrons. The SMILES string of the molecule is CCOCCn1c(=NC(=O)Cc2ccc([N+](=O)[O-])cc2)sc2cc(Cl)ccc21. The topological polar surface area (TPSA) is 86.7 Å². The number of rotatable bonds is 7. The number of thiazole rings is 1. The number of nitro benzene ring substituents is 1. The van der Waals surface area contributed by atoms with E-state index in [1.807, 2.05) is 23.6 Å². The van der Waals surface area contributed by atoms with Gasteiger partial charge in [0.15, 0.2) is 4.80 Å². The summed E-state index contributed by atoms with van der Waals surface area (Å²) in [5.74, 6) is -0.323. The van der Waals surface area contributed by atoms with Gasteiger partial charge in [0.25, 0.3) is 11.6 Å². The van der Waals surface area contributed by atoms with Gasteiger partial charge < -0.3 is 9.30 Å². The lowest BCUT2D eigenvalue weighted by atomic mass is 10.1. The summed E-state index contributed by atoms with van der Waals surface area (Å²) in [6.07, 6.45) is 0.0679. The predicted octanol–water partition coefficient (Wildman–Crippen LogP) is 3.97. The normalized spacial score (nSPS) is 11.9. The highest BCUT2D eigenvalue weighted by atomic mass is 35.5. The van der Waals surface area contributed by atoms with Crippen molar-refractivity contribution in [3.05, 3.63) is 68.0 Å². The number of aromatic nitrogens is 1. The Hall–Kier alpha value is -2.55. The average Bonchev–Trinajstić information content (AvgIpc) is 2.98. The number of ether oxygens (including phenoxy) is 1. The van der Waals surface area contributed by atoms with Crippen LogP contribution in [0.25, 0.3) is 10.2 Å². The van der Waals surface area contributed by atoms with Crippen LogP contribution in [0.2, 0.25) is 5.02 Å². The molecule has 1 heterocycles. The molecule has 3 rings (SSSR count). The van der Waals surface area contributed by atoms with E-state index in [0.717, 1.165) is 10.2 Å². The third kappa shape index (κ3) is 4.83. The standard InChI is InChI=1S/C19H18ClN3O4S/c1-2-27-10-9-22-16-8-5-14(20)12-17(16)28-19(22)21-18(24)11-13-3-6-15(7-4-13)23(25)26/h3-8,12H,2,9-11H2,1H3. The fourth-order valence-electron chi connectivity index (χ4n) is 2.70. The van der Waals surface area contributed by atoms with Gasteiger partial charge in [-0.3, -0.25) is 14.9 Å². The van der Waals surface area contributed by atoms with Gasteiger partial charge in [0, 0.05) is 30.3 Å². The molecule has 0 aliphatic carbocycles. The van der Waals surface area contributed by atoms with E-state index in [-0.39, 0.29) is 18.0 Å². The third-order valence-electron chi connectivity index (χ3n) is 4.03. The molecule has 1 aromatic heterocycles. The number of halogens is 1. The maximum atomic E-state index is 12.5. The number of nitro groups is 1. The van der Waals surface area contributed by atoms with Crippen LogP contribution in [0.1, 0.15) is 12.5 Å². The number of hydrogen-bond acceptors (Lipinski definition) is 5. The first kappa shape index (κ1) is 20.2. The Morgan fingerprint density at radius 3 is 2.71 bits per heavy atom. The minimum absolute atomic E-state index is 0.0108. The van der Waals surface area contributed by atoms with Crippen molar-refractivity contribution < 1.29 is 14.5 Å². The zero-order valence-electron chi connectivity index (χ0n) is 15.1. The first-order chi connectivity index (χ1) is 13.5. The molecule has 0 saturated carbocycles. The number of hydrogen-bond donors (Lipinski definition) is 0. The molecule has 0 unspecified atom stereocenters. The molecule has 0 spiro atoms. The number of amides is 1. The van der Waals surface area contributed by atoms with E-state index >= 15 is 0 Å². The molecule has 0 fully saturated rings. The van der Waals surface area contributed by atoms with Crippen LogP contribution in [-0.2, 0) is 22.5 Å². The van der Waals surface area contributed by atoms with Crippen LogP contribution in [0.5, 0.6) is 0 Å². The highest BCUT2D eigenvalue weighted by Crippen LogP contribution is 2.22. The Bertz CT molecular complexity index is 1070. The monoisotopic (exact) mass is 419 g/mol. The first-order valence-corrected chi connectivity index (χ1v) is 9.85. The van der Waals surface area contributed by atoms with Gasteiger partial charge >= 0.3 is 0 Å². The number of fused-ring (bicyclic) bond motifs is 1. The summed E-state index contributed by atoms with van der Waals surface area (Å²) in [7, 11) is 0. The minimum atomic E-state index is -0.473. The fraction of sp³-hybridized carbons (Fsp3) is 0.263. The van der Waals surface area contributed by atoms with E-state index in [1.165, 1.54) is 23.5 Å². The van der Waals surface area contributed by atoms with Gasteiger partial charge in [-0.2, -0.15) is 4.99 Å². The van der Waals surface area contributed by atoms with E-state index in [0.29, 0.717) is 35.1 Å². The van der Waals surface area contributed by atoms with Gasteiger partial charge in [-0.15, -0.1) is 0 Å². The summed E-state index contributed by atoms with van der Waals surface area (Å²) in [6.45, 7) is 3.61. The molecule has 1 amide bonds. The first-order valence-electron chi connectivity index (χ1n) is 8.65. The number of nitrogens with zero attached hydrogens (tertiary/aromatic N) is 3. The van der Waals surface area contributed by atoms with Gasteiger partial charge in [0.1, 0.15) is 0 Å². The van der Waals surface area contributed by atoms with E-state index in [2.05, 4.69) is 4.99 Å². The van der Waals surface area contributed by atoms with Crippen molar-refractivity contribution in [2.24, 2.45) is 4.99 Å². The highest BCUT2D eigenvalue weighted by molar-refractivity contribution is 7.16. The summed E-state index contributed by atoms with van der Waals surface area (Å²) < 4.78 is 8.32. The lowest BCUT2D eigenvalue weighted by Crippen LogP contribution is -2.20. The third-order valence-corrected chi connectivity index (χ3v) is 5.31. The summed E-state index contributed by atoms with van der Waals surface area (Å²) in [4.78, 5) is 27.6. The second-order valence-corrected chi connectivity index (χ2v) is 7.40. The fourth-order valence-corrected chi connectivity index (χ4v) is 4.05. The number of carbonyl (C=O) groups is 1. The molecule has 0 aliphatic rings. The Morgan fingerprint density at radius 1 is 1.29 bits per heavy atom. The molecular formula is C19H18ClN3O4S. The molecule has 0 bridgehead atoms. The summed E-state index contributed by atoms with van der Waals surface area (Å²) in [6, 6.07) is 11.5. The minimum Gasteiger partial charge on any atom is -0.380 e. The summed E-state index contributed by atoms with van der Waals surface area (Å²) in [5, 5.41) is 11.3. The van der Waals surface area contributed by atoms with E-state index in [9.17, 15) is 14.9 Å². The van der Waals surface area contributed by atoms with Crippen molar-refractivity contribution in [1.82, 2.24) is 4.57 Å². The molecule has 7 nitrogen and oxygen atoms in total. The summed E-state index contributed by atoms with van der Waals surface area (Å²) >= 11 is 7.47. The van der Waals surface area contributed by atoms with Crippen molar-refractivity contribution in [3.8, 4) is 0 Å². The van der Waals surface area contributed by atoms with Gasteiger partial charge in [-0.05, 0) is 30.7 Å². The van der Waals surface area contributed by atoms with Crippen molar-refractivity contribution in [2.45, 2.75) is 19.9 Å². The second-order valence-electron chi connectivity index (χ2n) is 5.95. The van der Waals surface area contributed by atoms with Crippen molar-refractivity contribution in [2.75, 3.05) is 13.2 Å².